The zero-order valence-electron chi connectivity index (χ0n) is 79.0. The molecule has 0 fully saturated rings. The van der Waals surface area contributed by atoms with Crippen LogP contribution in [0.1, 0.15) is 0 Å². The number of aromatic nitrogens is 9. The maximum absolute atomic E-state index is 6.58. The van der Waals surface area contributed by atoms with Crippen LogP contribution in [0.4, 0.5) is 0 Å². The van der Waals surface area contributed by atoms with Gasteiger partial charge in [0.05, 0.1) is 0 Å². The molecular formula is C135H81N9O2S. The molecule has 12 heteroatoms. The number of nitrogens with zero attached hydrogens (tertiary/aromatic N) is 9. The van der Waals surface area contributed by atoms with Crippen LogP contribution in [-0.2, 0) is 0 Å². The van der Waals surface area contributed by atoms with Crippen molar-refractivity contribution in [2.45, 2.75) is 0 Å². The monoisotopic (exact) mass is 1890 g/mol. The van der Waals surface area contributed by atoms with Gasteiger partial charge in [0.1, 0.15) is 22.3 Å². The number of furan rings is 2. The first-order valence-electron chi connectivity index (χ1n) is 49.3. The van der Waals surface area contributed by atoms with Crippen molar-refractivity contribution in [3.8, 4) is 136 Å². The van der Waals surface area contributed by atoms with Crippen molar-refractivity contribution in [2.24, 2.45) is 0 Å². The molecule has 0 amide bonds. The van der Waals surface area contributed by atoms with E-state index in [4.69, 9.17) is 53.7 Å². The van der Waals surface area contributed by atoms with E-state index in [1.807, 2.05) is 127 Å². The molecule has 11 nitrogen and oxygen atoms in total. The van der Waals surface area contributed by atoms with E-state index in [0.717, 1.165) is 116 Å². The van der Waals surface area contributed by atoms with Gasteiger partial charge in [0.25, 0.3) is 0 Å². The molecule has 0 saturated heterocycles. The van der Waals surface area contributed by atoms with Gasteiger partial charge >= 0.3 is 0 Å². The molecule has 6 aromatic heterocycles. The van der Waals surface area contributed by atoms with E-state index in [1.165, 1.54) is 128 Å². The van der Waals surface area contributed by atoms with Crippen molar-refractivity contribution in [3.63, 3.8) is 0 Å². The molecule has 0 aliphatic heterocycles. The lowest BCUT2D eigenvalue weighted by Gasteiger charge is -2.12. The Labute approximate surface area is 847 Å². The molecule has 0 N–H and O–H groups in total. The largest absolute Gasteiger partial charge is 0.456 e. The smallest absolute Gasteiger partial charge is 0.164 e. The summed E-state index contributed by atoms with van der Waals surface area (Å²) in [4.78, 5) is 46.0. The van der Waals surface area contributed by atoms with Gasteiger partial charge < -0.3 is 8.83 Å². The van der Waals surface area contributed by atoms with Crippen molar-refractivity contribution in [1.82, 2.24) is 44.9 Å². The van der Waals surface area contributed by atoms with Crippen LogP contribution in [-0.4, -0.2) is 44.9 Å². The van der Waals surface area contributed by atoms with Gasteiger partial charge in [-0.2, -0.15) is 0 Å². The second-order valence-electron chi connectivity index (χ2n) is 37.2. The van der Waals surface area contributed by atoms with Gasteiger partial charge in [-0.15, -0.1) is 11.3 Å². The number of para-hydroxylation sites is 1. The number of hydrogen-bond donors (Lipinski definition) is 0. The molecule has 24 aromatic carbocycles. The van der Waals surface area contributed by atoms with E-state index >= 15 is 0 Å². The Balaban J connectivity index is 0.000000107. The summed E-state index contributed by atoms with van der Waals surface area (Å²) in [7, 11) is 0. The highest BCUT2D eigenvalue weighted by molar-refractivity contribution is 7.26. The normalized spacial score (nSPS) is 11.7. The Morgan fingerprint density at radius 1 is 0.136 bits per heavy atom. The van der Waals surface area contributed by atoms with Crippen LogP contribution in [0.3, 0.4) is 0 Å². The minimum Gasteiger partial charge on any atom is -0.456 e. The molecule has 0 radical (unpaired) electrons. The average molecular weight is 1890 g/mol. The maximum atomic E-state index is 6.58. The molecule has 30 aromatic rings. The number of rotatable bonds is 12. The first-order valence-corrected chi connectivity index (χ1v) is 50.1. The van der Waals surface area contributed by atoms with Crippen LogP contribution in [0.5, 0.6) is 0 Å². The molecular weight excluding hydrogens is 1810 g/mol. The van der Waals surface area contributed by atoms with E-state index in [9.17, 15) is 0 Å². The number of thiophene rings is 1. The Morgan fingerprint density at radius 3 is 0.898 bits per heavy atom. The highest BCUT2D eigenvalue weighted by Gasteiger charge is 2.26. The summed E-state index contributed by atoms with van der Waals surface area (Å²) >= 11 is 1.80. The third-order valence-electron chi connectivity index (χ3n) is 28.6. The van der Waals surface area contributed by atoms with Crippen LogP contribution in [0.25, 0.3) is 297 Å². The third-order valence-corrected chi connectivity index (χ3v) is 29.7. The fourth-order valence-corrected chi connectivity index (χ4v) is 22.5. The minimum atomic E-state index is 0.601. The topological polar surface area (TPSA) is 142 Å². The minimum absolute atomic E-state index is 0.601. The van der Waals surface area contributed by atoms with Crippen LogP contribution < -0.4 is 0 Å². The van der Waals surface area contributed by atoms with Crippen LogP contribution >= 0.6 is 11.3 Å². The average Bonchev–Trinajstić information content (AvgIpc) is 1.53. The Bertz CT molecular complexity index is 10500. The van der Waals surface area contributed by atoms with E-state index in [1.54, 1.807) is 11.3 Å². The quantitative estimate of drug-likeness (QED) is 0.108. The van der Waals surface area contributed by atoms with Gasteiger partial charge in [-0.25, -0.2) is 44.9 Å². The second-order valence-corrected chi connectivity index (χ2v) is 38.3. The lowest BCUT2D eigenvalue weighted by molar-refractivity contribution is 0.669. The molecule has 0 spiro atoms. The van der Waals surface area contributed by atoms with E-state index in [0.29, 0.717) is 52.4 Å². The van der Waals surface area contributed by atoms with E-state index < -0.39 is 0 Å². The molecule has 0 atom stereocenters. The van der Waals surface area contributed by atoms with Gasteiger partial charge in [-0.3, -0.25) is 0 Å². The van der Waals surface area contributed by atoms with Gasteiger partial charge in [-0.05, 0) is 198 Å². The summed E-state index contributed by atoms with van der Waals surface area (Å²) in [5.41, 5.74) is 18.5. The molecule has 0 saturated carbocycles. The van der Waals surface area contributed by atoms with Gasteiger partial charge in [0, 0.05) is 97.4 Å². The summed E-state index contributed by atoms with van der Waals surface area (Å²) in [6, 6.07) is 172. The fraction of sp³-hybridized carbons (Fsp3) is 0. The number of benzene rings is 24. The highest BCUT2D eigenvalue weighted by atomic mass is 32.1. The molecule has 0 unspecified atom stereocenters. The van der Waals surface area contributed by atoms with Gasteiger partial charge in [-0.1, -0.05) is 419 Å². The fourth-order valence-electron chi connectivity index (χ4n) is 21.4. The summed E-state index contributed by atoms with van der Waals surface area (Å²) in [6.45, 7) is 0. The molecule has 0 bridgehead atoms. The number of hydrogen-bond acceptors (Lipinski definition) is 12. The first kappa shape index (κ1) is 85.4. The van der Waals surface area contributed by atoms with Crippen LogP contribution in [0.2, 0.25) is 0 Å². The molecule has 147 heavy (non-hydrogen) atoms. The second kappa shape index (κ2) is 35.9. The predicted molar refractivity (Wildman–Crippen MR) is 610 cm³/mol. The molecule has 6 heterocycles. The summed E-state index contributed by atoms with van der Waals surface area (Å²) in [5, 5.41) is 28.4. The third kappa shape index (κ3) is 15.4. The molecule has 30 rings (SSSR count). The summed E-state index contributed by atoms with van der Waals surface area (Å²) in [5.74, 6) is 5.72. The van der Waals surface area contributed by atoms with Crippen molar-refractivity contribution in [1.29, 1.82) is 0 Å². The van der Waals surface area contributed by atoms with Crippen LogP contribution in [0, 0.1) is 0 Å². The Kier molecular flexibility index (Phi) is 20.9. The Morgan fingerprint density at radius 2 is 0.429 bits per heavy atom. The first-order chi connectivity index (χ1) is 72.8. The molecule has 0 aliphatic carbocycles. The van der Waals surface area contributed by atoms with Crippen molar-refractivity contribution >= 4 is 172 Å². The highest BCUT2D eigenvalue weighted by Crippen LogP contribution is 2.47. The zero-order chi connectivity index (χ0) is 96.9. The van der Waals surface area contributed by atoms with Crippen molar-refractivity contribution < 1.29 is 8.83 Å². The van der Waals surface area contributed by atoms with Crippen LogP contribution in [0.15, 0.2) is 500 Å². The maximum Gasteiger partial charge on any atom is 0.164 e. The van der Waals surface area contributed by atoms with E-state index in [2.05, 4.69) is 364 Å². The lowest BCUT2D eigenvalue weighted by Crippen LogP contribution is -2.00. The Hall–Kier alpha value is -19.5. The SMILES string of the molecule is c1ccc(-c2ccc(-c3cccc4oc5ccc(-c6nc(-c7ccccc7)nc(-c7ccc8ccc9c%10ccccc%10ccc9c8c7)n6)cc5c34)cc2)cc1.c1ccc(-c2nc(-c3ccc4ccc5c6ccccc6ccc5c4c3)nc(-c3ccc(-c4ccccc4)c4oc5ccccc5c34)n2)cc1.c1ccc(-c2nc(-c3ccc4ccc5c6ccccc6ccc5c4c3)nc(-c3cccc4sc5ccccc5c34)n2)cc1. The van der Waals surface area contributed by atoms with E-state index in [-0.39, 0.29) is 0 Å². The molecule has 684 valence electrons. The standard InChI is InChI=1S/C51H31N3O.C45H27N3O.C39H23N3S/c1-3-10-32(11-4-1)33-18-20-35(21-19-33)41-16-9-17-47-48(41)45-31-39(26-29-46(45)55-47)51-53-49(37-13-5-2-6-14-37)52-50(54-51)38-23-22-36-25-27-42-40-15-8-7-12-34(40)24-28-43(42)44(36)30-38;1-3-11-28(12-4-1)34-25-26-38(41-37-17-9-10-18-40(37)49-42(34)41)45-47-43(31-14-5-2-6-15-31)46-44(48-45)32-20-19-30-22-23-35-33-16-8-7-13-29(33)21-24-36(35)39(30)27-32;1-2-10-26(11-3-1)37-40-38(42-39(41-37)32-14-8-16-35-36(32)31-13-6-7-15-34(31)43-35)27-18-17-25-20-21-29-28-12-5-4-9-24(28)19-22-30(29)33(25)23-27/h1-31H;1-27H;1-23H. The van der Waals surface area contributed by atoms with Gasteiger partial charge in [0.15, 0.2) is 52.4 Å². The molecule has 0 aliphatic rings. The predicted octanol–water partition coefficient (Wildman–Crippen LogP) is 36.2. The van der Waals surface area contributed by atoms with Crippen molar-refractivity contribution in [2.75, 3.05) is 0 Å². The lowest BCUT2D eigenvalue weighted by atomic mass is 9.96. The summed E-state index contributed by atoms with van der Waals surface area (Å²) in [6.07, 6.45) is 0. The van der Waals surface area contributed by atoms with Gasteiger partial charge in [0.2, 0.25) is 0 Å². The van der Waals surface area contributed by atoms with Crippen molar-refractivity contribution in [3.05, 3.63) is 491 Å². The number of fused-ring (bicyclic) bond motifs is 24. The summed E-state index contributed by atoms with van der Waals surface area (Å²) < 4.78 is 15.5. The zero-order valence-corrected chi connectivity index (χ0v) is 79.8.